The number of halogens is 1. The molecule has 5 heteroatoms. The molecule has 0 aromatic heterocycles. The van der Waals surface area contributed by atoms with Crippen LogP contribution in [0.2, 0.25) is 5.02 Å². The van der Waals surface area contributed by atoms with E-state index in [1.165, 1.54) is 0 Å². The fourth-order valence-electron chi connectivity index (χ4n) is 2.33. The Bertz CT molecular complexity index is 453. The van der Waals surface area contributed by atoms with E-state index in [-0.39, 0.29) is 11.9 Å². The number of carbonyl (C=O) groups is 1. The molecule has 0 aliphatic carbocycles. The molecule has 1 aliphatic rings. The Hall–Kier alpha value is -1.10. The van der Waals surface area contributed by atoms with Gasteiger partial charge in [0, 0.05) is 24.7 Å². The van der Waals surface area contributed by atoms with E-state index in [4.69, 9.17) is 11.6 Å². The third-order valence-corrected chi connectivity index (χ3v) is 3.60. The predicted molar refractivity (Wildman–Crippen MR) is 75.0 cm³/mol. The molecular weight excluding hydrogens is 264 g/mol. The number of rotatable bonds is 4. The summed E-state index contributed by atoms with van der Waals surface area (Å²) >= 11 is 5.95. The summed E-state index contributed by atoms with van der Waals surface area (Å²) in [4.78, 5) is 14.1. The first kappa shape index (κ1) is 14.3. The van der Waals surface area contributed by atoms with Crippen LogP contribution >= 0.6 is 11.6 Å². The standard InChI is InChI=1S/C14H19ClN2O2/c1-2-17(9-10-4-3-5-11(15)6-10)14(19)13-7-12(18)8-16-13/h3-6,12-13,16,18H,2,7-9H2,1H3. The highest BCUT2D eigenvalue weighted by Crippen LogP contribution is 2.15. The quantitative estimate of drug-likeness (QED) is 0.878. The SMILES string of the molecule is CCN(Cc1cccc(Cl)c1)C(=O)C1CC(O)CN1. The van der Waals surface area contributed by atoms with Gasteiger partial charge in [-0.2, -0.15) is 0 Å². The minimum absolute atomic E-state index is 0.0408. The second-order valence-corrected chi connectivity index (χ2v) is 5.27. The van der Waals surface area contributed by atoms with Crippen molar-refractivity contribution in [3.05, 3.63) is 34.9 Å². The lowest BCUT2D eigenvalue weighted by atomic mass is 10.1. The molecule has 1 aromatic rings. The van der Waals surface area contributed by atoms with Crippen molar-refractivity contribution in [3.63, 3.8) is 0 Å². The van der Waals surface area contributed by atoms with E-state index >= 15 is 0 Å². The molecule has 0 saturated carbocycles. The summed E-state index contributed by atoms with van der Waals surface area (Å²) < 4.78 is 0. The molecule has 0 bridgehead atoms. The van der Waals surface area contributed by atoms with E-state index in [9.17, 15) is 9.90 Å². The highest BCUT2D eigenvalue weighted by molar-refractivity contribution is 6.30. The van der Waals surface area contributed by atoms with Gasteiger partial charge in [-0.15, -0.1) is 0 Å². The minimum Gasteiger partial charge on any atom is -0.392 e. The van der Waals surface area contributed by atoms with Gasteiger partial charge >= 0.3 is 0 Å². The lowest BCUT2D eigenvalue weighted by molar-refractivity contribution is -0.133. The molecule has 0 spiro atoms. The molecule has 4 nitrogen and oxygen atoms in total. The second-order valence-electron chi connectivity index (χ2n) is 4.83. The van der Waals surface area contributed by atoms with Crippen molar-refractivity contribution in [2.75, 3.05) is 13.1 Å². The summed E-state index contributed by atoms with van der Waals surface area (Å²) in [6.45, 7) is 3.63. The van der Waals surface area contributed by atoms with Crippen LogP contribution in [0.1, 0.15) is 18.9 Å². The van der Waals surface area contributed by atoms with Crippen molar-refractivity contribution in [1.29, 1.82) is 0 Å². The van der Waals surface area contributed by atoms with Gasteiger partial charge in [-0.05, 0) is 31.0 Å². The predicted octanol–water partition coefficient (Wildman–Crippen LogP) is 1.41. The van der Waals surface area contributed by atoms with Gasteiger partial charge in [-0.1, -0.05) is 23.7 Å². The van der Waals surface area contributed by atoms with Crippen LogP contribution in [0.4, 0.5) is 0 Å². The van der Waals surface area contributed by atoms with Crippen LogP contribution in [0.15, 0.2) is 24.3 Å². The smallest absolute Gasteiger partial charge is 0.240 e. The Balaban J connectivity index is 2.01. The monoisotopic (exact) mass is 282 g/mol. The fourth-order valence-corrected chi connectivity index (χ4v) is 2.54. The van der Waals surface area contributed by atoms with Gasteiger partial charge in [0.05, 0.1) is 12.1 Å². The maximum Gasteiger partial charge on any atom is 0.240 e. The average Bonchev–Trinajstić information content (AvgIpc) is 2.82. The van der Waals surface area contributed by atoms with E-state index in [2.05, 4.69) is 5.32 Å². The molecule has 1 amide bonds. The molecule has 2 unspecified atom stereocenters. The number of aliphatic hydroxyl groups is 1. The molecule has 1 fully saturated rings. The minimum atomic E-state index is -0.418. The number of hydrogen-bond acceptors (Lipinski definition) is 3. The number of carbonyl (C=O) groups excluding carboxylic acids is 1. The molecule has 2 rings (SSSR count). The van der Waals surface area contributed by atoms with Gasteiger partial charge in [0.2, 0.25) is 5.91 Å². The van der Waals surface area contributed by atoms with Crippen molar-refractivity contribution < 1.29 is 9.90 Å². The number of hydrogen-bond donors (Lipinski definition) is 2. The number of nitrogens with one attached hydrogen (secondary N) is 1. The summed E-state index contributed by atoms with van der Waals surface area (Å²) in [5.41, 5.74) is 1.02. The van der Waals surface area contributed by atoms with Crippen LogP contribution in [0, 0.1) is 0 Å². The number of aliphatic hydroxyl groups excluding tert-OH is 1. The van der Waals surface area contributed by atoms with Crippen molar-refractivity contribution in [1.82, 2.24) is 10.2 Å². The van der Waals surface area contributed by atoms with Gasteiger partial charge in [0.15, 0.2) is 0 Å². The molecule has 19 heavy (non-hydrogen) atoms. The maximum atomic E-state index is 12.3. The summed E-state index contributed by atoms with van der Waals surface area (Å²) in [6, 6.07) is 7.26. The van der Waals surface area contributed by atoms with Gasteiger partial charge in [-0.25, -0.2) is 0 Å². The highest BCUT2D eigenvalue weighted by atomic mass is 35.5. The highest BCUT2D eigenvalue weighted by Gasteiger charge is 2.30. The van der Waals surface area contributed by atoms with Crippen LogP contribution < -0.4 is 5.32 Å². The van der Waals surface area contributed by atoms with Crippen LogP contribution in [-0.2, 0) is 11.3 Å². The lowest BCUT2D eigenvalue weighted by Crippen LogP contribution is -2.43. The van der Waals surface area contributed by atoms with E-state index in [0.717, 1.165) is 5.56 Å². The topological polar surface area (TPSA) is 52.6 Å². The molecule has 1 heterocycles. The zero-order chi connectivity index (χ0) is 13.8. The summed E-state index contributed by atoms with van der Waals surface area (Å²) in [6.07, 6.45) is 0.0732. The first-order valence-electron chi connectivity index (χ1n) is 6.55. The maximum absolute atomic E-state index is 12.3. The van der Waals surface area contributed by atoms with E-state index in [0.29, 0.717) is 31.1 Å². The number of benzene rings is 1. The third-order valence-electron chi connectivity index (χ3n) is 3.36. The average molecular weight is 283 g/mol. The Morgan fingerprint density at radius 2 is 2.37 bits per heavy atom. The molecular formula is C14H19ClN2O2. The van der Waals surface area contributed by atoms with Gasteiger partial charge in [0.1, 0.15) is 0 Å². The van der Waals surface area contributed by atoms with Crippen molar-refractivity contribution >= 4 is 17.5 Å². The van der Waals surface area contributed by atoms with Gasteiger partial charge < -0.3 is 15.3 Å². The Labute approximate surface area is 118 Å². The number of amides is 1. The normalized spacial score (nSPS) is 22.5. The van der Waals surface area contributed by atoms with Crippen LogP contribution in [0.5, 0.6) is 0 Å². The van der Waals surface area contributed by atoms with Crippen molar-refractivity contribution in [2.24, 2.45) is 0 Å². The Morgan fingerprint density at radius 3 is 2.95 bits per heavy atom. The summed E-state index contributed by atoms with van der Waals surface area (Å²) in [5.74, 6) is 0.0408. The molecule has 0 radical (unpaired) electrons. The fraction of sp³-hybridized carbons (Fsp3) is 0.500. The van der Waals surface area contributed by atoms with Gasteiger partial charge in [0.25, 0.3) is 0 Å². The molecule has 1 aromatic carbocycles. The molecule has 2 atom stereocenters. The zero-order valence-corrected chi connectivity index (χ0v) is 11.7. The van der Waals surface area contributed by atoms with Crippen molar-refractivity contribution in [3.8, 4) is 0 Å². The number of nitrogens with zero attached hydrogens (tertiary/aromatic N) is 1. The van der Waals surface area contributed by atoms with E-state index < -0.39 is 6.10 Å². The summed E-state index contributed by atoms with van der Waals surface area (Å²) in [7, 11) is 0. The van der Waals surface area contributed by atoms with Crippen LogP contribution in [0.25, 0.3) is 0 Å². The van der Waals surface area contributed by atoms with Crippen LogP contribution in [0.3, 0.4) is 0 Å². The van der Waals surface area contributed by atoms with Gasteiger partial charge in [-0.3, -0.25) is 4.79 Å². The van der Waals surface area contributed by atoms with E-state index in [1.54, 1.807) is 4.90 Å². The van der Waals surface area contributed by atoms with Crippen LogP contribution in [-0.4, -0.2) is 41.1 Å². The second kappa shape index (κ2) is 6.37. The zero-order valence-electron chi connectivity index (χ0n) is 11.0. The first-order chi connectivity index (χ1) is 9.10. The largest absolute Gasteiger partial charge is 0.392 e. The number of β-amino-alcohol motifs (C(OH)–C–C–N with tert-alkyl or cyclic N) is 1. The summed E-state index contributed by atoms with van der Waals surface area (Å²) in [5, 5.41) is 13.2. The Kier molecular flexibility index (Phi) is 4.80. The number of likely N-dealkylation sites (N-methyl/N-ethyl adjacent to an activating group) is 1. The van der Waals surface area contributed by atoms with Crippen molar-refractivity contribution in [2.45, 2.75) is 32.0 Å². The third kappa shape index (κ3) is 3.69. The molecule has 2 N–H and O–H groups in total. The molecule has 1 saturated heterocycles. The Morgan fingerprint density at radius 1 is 1.58 bits per heavy atom. The lowest BCUT2D eigenvalue weighted by Gasteiger charge is -2.24. The molecule has 1 aliphatic heterocycles. The van der Waals surface area contributed by atoms with E-state index in [1.807, 2.05) is 31.2 Å². The molecule has 104 valence electrons. The first-order valence-corrected chi connectivity index (χ1v) is 6.92.